The summed E-state index contributed by atoms with van der Waals surface area (Å²) >= 11 is 0. The van der Waals surface area contributed by atoms with Crippen molar-refractivity contribution in [1.82, 2.24) is 14.7 Å². The lowest BCUT2D eigenvalue weighted by atomic mass is 10.0. The van der Waals surface area contributed by atoms with Gasteiger partial charge in [0.1, 0.15) is 0 Å². The van der Waals surface area contributed by atoms with Crippen molar-refractivity contribution in [2.75, 3.05) is 44.2 Å². The lowest BCUT2D eigenvalue weighted by Crippen LogP contribution is -2.50. The molecule has 1 aromatic carbocycles. The van der Waals surface area contributed by atoms with E-state index in [9.17, 15) is 14.4 Å². The fourth-order valence-electron chi connectivity index (χ4n) is 5.78. The van der Waals surface area contributed by atoms with Crippen LogP contribution >= 0.6 is 0 Å². The molecule has 31 heavy (non-hydrogen) atoms. The summed E-state index contributed by atoms with van der Waals surface area (Å²) in [6, 6.07) is 8.86. The van der Waals surface area contributed by atoms with Crippen molar-refractivity contribution < 1.29 is 14.4 Å². The molecule has 0 spiro atoms. The van der Waals surface area contributed by atoms with Crippen LogP contribution in [0.2, 0.25) is 0 Å². The fourth-order valence-corrected chi connectivity index (χ4v) is 5.78. The molecule has 3 amide bonds. The monoisotopic (exact) mass is 424 g/mol. The van der Waals surface area contributed by atoms with Crippen LogP contribution in [0.4, 0.5) is 5.69 Å². The zero-order valence-electron chi connectivity index (χ0n) is 18.2. The molecule has 1 atom stereocenters. The van der Waals surface area contributed by atoms with Crippen LogP contribution in [0.1, 0.15) is 44.1 Å². The summed E-state index contributed by atoms with van der Waals surface area (Å²) in [6.07, 6.45) is 5.51. The number of anilines is 1. The molecule has 0 saturated carbocycles. The van der Waals surface area contributed by atoms with Crippen LogP contribution in [0.5, 0.6) is 0 Å². The molecule has 0 aromatic heterocycles. The highest BCUT2D eigenvalue weighted by Crippen LogP contribution is 2.34. The van der Waals surface area contributed by atoms with Crippen molar-refractivity contribution in [2.45, 2.75) is 57.0 Å². The molecule has 166 valence electrons. The molecule has 4 heterocycles. The first-order chi connectivity index (χ1) is 15.1. The van der Waals surface area contributed by atoms with E-state index in [4.69, 9.17) is 0 Å². The van der Waals surface area contributed by atoms with Crippen molar-refractivity contribution in [3.8, 4) is 0 Å². The van der Waals surface area contributed by atoms with Gasteiger partial charge in [0.25, 0.3) is 0 Å². The quantitative estimate of drug-likeness (QED) is 0.721. The average Bonchev–Trinajstić information content (AvgIpc) is 3.50. The standard InChI is InChI=1S/C24H32N4O3/c29-22-6-3-11-26(22)15-10-23(30)27-14-9-20(17-27)25-12-7-19(8-13-25)28-21-5-2-1-4-18(21)16-24(28)31/h1-2,4-5,19-20H,3,6-17H2/t20-/m0/s1. The van der Waals surface area contributed by atoms with Gasteiger partial charge in [-0.15, -0.1) is 0 Å². The first-order valence-electron chi connectivity index (χ1n) is 11.8. The van der Waals surface area contributed by atoms with Crippen LogP contribution in [0.15, 0.2) is 24.3 Å². The number of hydrogen-bond donors (Lipinski definition) is 0. The Kier molecular flexibility index (Phi) is 5.69. The number of hydrogen-bond acceptors (Lipinski definition) is 4. The van der Waals surface area contributed by atoms with E-state index in [-0.39, 0.29) is 23.8 Å². The van der Waals surface area contributed by atoms with E-state index in [1.807, 2.05) is 26.8 Å². The minimum Gasteiger partial charge on any atom is -0.342 e. The van der Waals surface area contributed by atoms with Gasteiger partial charge in [0.2, 0.25) is 17.7 Å². The zero-order valence-corrected chi connectivity index (χ0v) is 18.2. The summed E-state index contributed by atoms with van der Waals surface area (Å²) in [4.78, 5) is 45.4. The largest absolute Gasteiger partial charge is 0.342 e. The minimum absolute atomic E-state index is 0.177. The Morgan fingerprint density at radius 2 is 1.71 bits per heavy atom. The smallest absolute Gasteiger partial charge is 0.231 e. The minimum atomic E-state index is 0.177. The predicted molar refractivity (Wildman–Crippen MR) is 118 cm³/mol. The molecular formula is C24H32N4O3. The third-order valence-corrected chi connectivity index (χ3v) is 7.53. The highest BCUT2D eigenvalue weighted by atomic mass is 16.2. The molecule has 0 unspecified atom stereocenters. The maximum atomic E-state index is 12.6. The highest BCUT2D eigenvalue weighted by molar-refractivity contribution is 6.01. The summed E-state index contributed by atoms with van der Waals surface area (Å²) < 4.78 is 0. The van der Waals surface area contributed by atoms with Crippen molar-refractivity contribution in [1.29, 1.82) is 0 Å². The lowest BCUT2D eigenvalue weighted by Gasteiger charge is -2.39. The molecule has 4 aliphatic heterocycles. The van der Waals surface area contributed by atoms with Gasteiger partial charge in [0.05, 0.1) is 6.42 Å². The van der Waals surface area contributed by atoms with Crippen molar-refractivity contribution in [3.05, 3.63) is 29.8 Å². The number of nitrogens with zero attached hydrogens (tertiary/aromatic N) is 4. The van der Waals surface area contributed by atoms with Gasteiger partial charge in [0, 0.05) is 69.9 Å². The second-order valence-electron chi connectivity index (χ2n) is 9.35. The van der Waals surface area contributed by atoms with E-state index in [0.29, 0.717) is 31.8 Å². The normalized spacial score (nSPS) is 25.0. The van der Waals surface area contributed by atoms with Crippen LogP contribution in [-0.2, 0) is 20.8 Å². The first kappa shape index (κ1) is 20.5. The summed E-state index contributed by atoms with van der Waals surface area (Å²) in [5, 5.41) is 0. The molecule has 0 bridgehead atoms. The lowest BCUT2D eigenvalue weighted by molar-refractivity contribution is -0.132. The fraction of sp³-hybridized carbons (Fsp3) is 0.625. The number of carbonyl (C=O) groups is 3. The van der Waals surface area contributed by atoms with E-state index in [1.165, 1.54) is 0 Å². The van der Waals surface area contributed by atoms with Crippen LogP contribution in [0.25, 0.3) is 0 Å². The molecule has 1 aromatic rings. The van der Waals surface area contributed by atoms with E-state index >= 15 is 0 Å². The Balaban J connectivity index is 1.10. The van der Waals surface area contributed by atoms with Gasteiger partial charge in [0.15, 0.2) is 0 Å². The summed E-state index contributed by atoms with van der Waals surface area (Å²) in [7, 11) is 0. The predicted octanol–water partition coefficient (Wildman–Crippen LogP) is 1.65. The van der Waals surface area contributed by atoms with Gasteiger partial charge in [-0.2, -0.15) is 0 Å². The molecule has 7 nitrogen and oxygen atoms in total. The molecular weight excluding hydrogens is 392 g/mol. The Morgan fingerprint density at radius 3 is 2.48 bits per heavy atom. The van der Waals surface area contributed by atoms with Crippen LogP contribution in [-0.4, -0.2) is 83.8 Å². The van der Waals surface area contributed by atoms with Crippen molar-refractivity contribution in [3.63, 3.8) is 0 Å². The number of amides is 3. The molecule has 0 N–H and O–H groups in total. The molecule has 5 rings (SSSR count). The third-order valence-electron chi connectivity index (χ3n) is 7.53. The second-order valence-corrected chi connectivity index (χ2v) is 9.35. The Labute approximate surface area is 184 Å². The van der Waals surface area contributed by atoms with Gasteiger partial charge < -0.3 is 14.7 Å². The molecule has 7 heteroatoms. The Morgan fingerprint density at radius 1 is 0.935 bits per heavy atom. The van der Waals surface area contributed by atoms with E-state index < -0.39 is 0 Å². The summed E-state index contributed by atoms with van der Waals surface area (Å²) in [5.41, 5.74) is 2.25. The van der Waals surface area contributed by atoms with Gasteiger partial charge >= 0.3 is 0 Å². The van der Waals surface area contributed by atoms with E-state index in [0.717, 1.165) is 69.7 Å². The first-order valence-corrected chi connectivity index (χ1v) is 11.8. The molecule has 4 aliphatic rings. The third kappa shape index (κ3) is 4.07. The summed E-state index contributed by atoms with van der Waals surface area (Å²) in [5.74, 6) is 0.596. The number of piperidine rings is 1. The highest BCUT2D eigenvalue weighted by Gasteiger charge is 2.37. The van der Waals surface area contributed by atoms with Gasteiger partial charge in [-0.05, 0) is 37.3 Å². The molecule has 0 radical (unpaired) electrons. The molecule has 3 saturated heterocycles. The SMILES string of the molecule is O=C1CCCN1CCC(=O)N1CC[C@H](N2CCC(N3C(=O)Cc4ccccc43)CC2)C1. The van der Waals surface area contributed by atoms with E-state index in [1.54, 1.807) is 0 Å². The van der Waals surface area contributed by atoms with Gasteiger partial charge in [-0.3, -0.25) is 19.3 Å². The molecule has 3 fully saturated rings. The van der Waals surface area contributed by atoms with E-state index in [2.05, 4.69) is 17.0 Å². The Bertz CT molecular complexity index is 864. The second kappa shape index (κ2) is 8.61. The van der Waals surface area contributed by atoms with Crippen molar-refractivity contribution >= 4 is 23.4 Å². The van der Waals surface area contributed by atoms with Crippen LogP contribution < -0.4 is 4.90 Å². The number of para-hydroxylation sites is 1. The maximum absolute atomic E-state index is 12.6. The number of carbonyl (C=O) groups excluding carboxylic acids is 3. The average molecular weight is 425 g/mol. The topological polar surface area (TPSA) is 64.2 Å². The van der Waals surface area contributed by atoms with Gasteiger partial charge in [-0.25, -0.2) is 0 Å². The van der Waals surface area contributed by atoms with Crippen molar-refractivity contribution in [2.24, 2.45) is 0 Å². The Hall–Kier alpha value is -2.41. The number of benzene rings is 1. The number of fused-ring (bicyclic) bond motifs is 1. The summed E-state index contributed by atoms with van der Waals surface area (Å²) in [6.45, 7) is 4.93. The van der Waals surface area contributed by atoms with Crippen LogP contribution in [0.3, 0.4) is 0 Å². The number of likely N-dealkylation sites (tertiary alicyclic amines) is 3. The maximum Gasteiger partial charge on any atom is 0.231 e. The van der Waals surface area contributed by atoms with Gasteiger partial charge in [-0.1, -0.05) is 18.2 Å². The zero-order chi connectivity index (χ0) is 21.4. The van der Waals surface area contributed by atoms with Crippen LogP contribution in [0, 0.1) is 0 Å². The number of rotatable bonds is 5. The molecule has 0 aliphatic carbocycles.